The standard InChI is InChI=1S/C20H29NO/c1-2-3-5-10-20(22)17-13-18-11-12-19(14-17)21(18)15-16-8-6-4-7-9-16/h4,6-9,17-19H,2-3,5,10-15H2,1H3. The van der Waals surface area contributed by atoms with E-state index < -0.39 is 0 Å². The van der Waals surface area contributed by atoms with Gasteiger partial charge in [-0.2, -0.15) is 0 Å². The normalized spacial score (nSPS) is 28.0. The molecular formula is C20H29NO. The summed E-state index contributed by atoms with van der Waals surface area (Å²) in [6.07, 6.45) is 9.10. The van der Waals surface area contributed by atoms with Crippen molar-refractivity contribution in [3.8, 4) is 0 Å². The third kappa shape index (κ3) is 3.60. The maximum Gasteiger partial charge on any atom is 0.136 e. The number of unbranched alkanes of at least 4 members (excludes halogenated alkanes) is 2. The van der Waals surface area contributed by atoms with E-state index in [9.17, 15) is 4.79 Å². The maximum atomic E-state index is 12.4. The molecule has 0 aromatic heterocycles. The zero-order valence-corrected chi connectivity index (χ0v) is 13.8. The average Bonchev–Trinajstić information content (AvgIpc) is 2.77. The first-order valence-corrected chi connectivity index (χ1v) is 9.10. The summed E-state index contributed by atoms with van der Waals surface area (Å²) in [4.78, 5) is 15.1. The molecule has 0 aliphatic carbocycles. The predicted molar refractivity (Wildman–Crippen MR) is 90.7 cm³/mol. The molecule has 2 saturated heterocycles. The molecule has 2 unspecified atom stereocenters. The lowest BCUT2D eigenvalue weighted by molar-refractivity contribution is -0.125. The van der Waals surface area contributed by atoms with Crippen LogP contribution in [-0.4, -0.2) is 22.8 Å². The van der Waals surface area contributed by atoms with Crippen molar-refractivity contribution in [3.63, 3.8) is 0 Å². The van der Waals surface area contributed by atoms with E-state index in [1.54, 1.807) is 0 Å². The maximum absolute atomic E-state index is 12.4. The van der Waals surface area contributed by atoms with Crippen LogP contribution in [0, 0.1) is 5.92 Å². The van der Waals surface area contributed by atoms with Crippen LogP contribution in [-0.2, 0) is 11.3 Å². The Labute approximate surface area is 134 Å². The fraction of sp³-hybridized carbons (Fsp3) is 0.650. The van der Waals surface area contributed by atoms with Gasteiger partial charge in [0, 0.05) is 31.0 Å². The lowest BCUT2D eigenvalue weighted by Crippen LogP contribution is -2.44. The molecule has 0 N–H and O–H groups in total. The molecule has 0 radical (unpaired) electrons. The number of rotatable bonds is 7. The van der Waals surface area contributed by atoms with Gasteiger partial charge in [0.2, 0.25) is 0 Å². The second-order valence-corrected chi connectivity index (χ2v) is 7.13. The minimum Gasteiger partial charge on any atom is -0.299 e. The Morgan fingerprint density at radius 3 is 2.41 bits per heavy atom. The molecule has 2 aliphatic rings. The smallest absolute Gasteiger partial charge is 0.136 e. The number of carbonyl (C=O) groups excluding carboxylic acids is 1. The molecule has 2 aliphatic heterocycles. The summed E-state index contributed by atoms with van der Waals surface area (Å²) >= 11 is 0. The fourth-order valence-corrected chi connectivity index (χ4v) is 4.34. The first-order valence-electron chi connectivity index (χ1n) is 9.10. The van der Waals surface area contributed by atoms with E-state index in [2.05, 4.69) is 42.2 Å². The van der Waals surface area contributed by atoms with Gasteiger partial charge in [0.25, 0.3) is 0 Å². The zero-order valence-electron chi connectivity index (χ0n) is 13.8. The first kappa shape index (κ1) is 15.7. The highest BCUT2D eigenvalue weighted by molar-refractivity contribution is 5.81. The van der Waals surface area contributed by atoms with Gasteiger partial charge < -0.3 is 0 Å². The summed E-state index contributed by atoms with van der Waals surface area (Å²) in [5.74, 6) is 0.895. The van der Waals surface area contributed by atoms with Crippen molar-refractivity contribution >= 4 is 5.78 Å². The molecule has 1 aromatic carbocycles. The largest absolute Gasteiger partial charge is 0.299 e. The summed E-state index contributed by atoms with van der Waals surface area (Å²) in [7, 11) is 0. The van der Waals surface area contributed by atoms with Crippen molar-refractivity contribution in [2.45, 2.75) is 76.9 Å². The van der Waals surface area contributed by atoms with E-state index in [1.807, 2.05) is 0 Å². The van der Waals surface area contributed by atoms with Crippen molar-refractivity contribution in [1.29, 1.82) is 0 Å². The minimum atomic E-state index is 0.348. The monoisotopic (exact) mass is 299 g/mol. The highest BCUT2D eigenvalue weighted by Gasteiger charge is 2.42. The van der Waals surface area contributed by atoms with Crippen molar-refractivity contribution in [3.05, 3.63) is 35.9 Å². The average molecular weight is 299 g/mol. The van der Waals surface area contributed by atoms with Gasteiger partial charge in [-0.1, -0.05) is 50.1 Å². The Bertz CT molecular complexity index is 470. The highest BCUT2D eigenvalue weighted by Crippen LogP contribution is 2.40. The van der Waals surface area contributed by atoms with Crippen molar-refractivity contribution in [1.82, 2.24) is 4.90 Å². The zero-order chi connectivity index (χ0) is 15.4. The Morgan fingerprint density at radius 1 is 1.09 bits per heavy atom. The molecule has 2 atom stereocenters. The molecule has 2 heteroatoms. The molecular weight excluding hydrogens is 270 g/mol. The van der Waals surface area contributed by atoms with Crippen LogP contribution in [0.5, 0.6) is 0 Å². The van der Waals surface area contributed by atoms with Gasteiger partial charge in [-0.3, -0.25) is 9.69 Å². The summed E-state index contributed by atoms with van der Waals surface area (Å²) in [5, 5.41) is 0. The van der Waals surface area contributed by atoms with Crippen LogP contribution >= 0.6 is 0 Å². The van der Waals surface area contributed by atoms with Gasteiger partial charge in [0.15, 0.2) is 0 Å². The van der Waals surface area contributed by atoms with E-state index in [4.69, 9.17) is 0 Å². The van der Waals surface area contributed by atoms with Gasteiger partial charge in [-0.15, -0.1) is 0 Å². The highest BCUT2D eigenvalue weighted by atomic mass is 16.1. The molecule has 0 amide bonds. The van der Waals surface area contributed by atoms with Crippen LogP contribution in [0.2, 0.25) is 0 Å². The number of hydrogen-bond donors (Lipinski definition) is 0. The van der Waals surface area contributed by atoms with Crippen LogP contribution in [0.4, 0.5) is 0 Å². The lowest BCUT2D eigenvalue weighted by atomic mass is 9.85. The van der Waals surface area contributed by atoms with Gasteiger partial charge in [0.05, 0.1) is 0 Å². The topological polar surface area (TPSA) is 20.3 Å². The third-order valence-corrected chi connectivity index (χ3v) is 5.57. The second kappa shape index (κ2) is 7.41. The number of nitrogens with zero attached hydrogens (tertiary/aromatic N) is 1. The third-order valence-electron chi connectivity index (χ3n) is 5.57. The molecule has 3 rings (SSSR count). The van der Waals surface area contributed by atoms with Crippen LogP contribution < -0.4 is 0 Å². The van der Waals surface area contributed by atoms with Crippen LogP contribution in [0.25, 0.3) is 0 Å². The molecule has 2 heterocycles. The first-order chi connectivity index (χ1) is 10.8. The van der Waals surface area contributed by atoms with E-state index in [-0.39, 0.29) is 0 Å². The number of fused-ring (bicyclic) bond motifs is 2. The Balaban J connectivity index is 1.56. The van der Waals surface area contributed by atoms with Gasteiger partial charge >= 0.3 is 0 Å². The Kier molecular flexibility index (Phi) is 5.30. The molecule has 2 nitrogen and oxygen atoms in total. The number of ketones is 1. The van der Waals surface area contributed by atoms with E-state index in [1.165, 1.54) is 31.2 Å². The number of benzene rings is 1. The molecule has 1 aromatic rings. The number of hydrogen-bond acceptors (Lipinski definition) is 2. The van der Waals surface area contributed by atoms with Gasteiger partial charge in [-0.25, -0.2) is 0 Å². The Morgan fingerprint density at radius 2 is 1.77 bits per heavy atom. The number of piperidine rings is 1. The summed E-state index contributed by atoms with van der Waals surface area (Å²) in [6, 6.07) is 12.1. The number of carbonyl (C=O) groups is 1. The lowest BCUT2D eigenvalue weighted by Gasteiger charge is -2.38. The van der Waals surface area contributed by atoms with Gasteiger partial charge in [-0.05, 0) is 37.7 Å². The fourth-order valence-electron chi connectivity index (χ4n) is 4.34. The SMILES string of the molecule is CCCCCC(=O)C1CC2CCC(C1)N2Cc1ccccc1. The summed E-state index contributed by atoms with van der Waals surface area (Å²) in [5.41, 5.74) is 1.41. The van der Waals surface area contributed by atoms with Crippen LogP contribution in [0.15, 0.2) is 30.3 Å². The molecule has 2 fully saturated rings. The molecule has 0 saturated carbocycles. The molecule has 0 spiro atoms. The number of Topliss-reactive ketones (excluding diaryl/α,β-unsaturated/α-hetero) is 1. The van der Waals surface area contributed by atoms with E-state index in [0.29, 0.717) is 23.8 Å². The molecule has 120 valence electrons. The molecule has 22 heavy (non-hydrogen) atoms. The van der Waals surface area contributed by atoms with Crippen molar-refractivity contribution in [2.75, 3.05) is 0 Å². The van der Waals surface area contributed by atoms with Crippen molar-refractivity contribution in [2.24, 2.45) is 5.92 Å². The molecule has 2 bridgehead atoms. The Hall–Kier alpha value is -1.15. The van der Waals surface area contributed by atoms with Gasteiger partial charge in [0.1, 0.15) is 5.78 Å². The van der Waals surface area contributed by atoms with E-state index >= 15 is 0 Å². The predicted octanol–water partition coefficient (Wildman–Crippen LogP) is 4.58. The van der Waals surface area contributed by atoms with Crippen molar-refractivity contribution < 1.29 is 4.79 Å². The quantitative estimate of drug-likeness (QED) is 0.687. The summed E-state index contributed by atoms with van der Waals surface area (Å²) in [6.45, 7) is 3.26. The van der Waals surface area contributed by atoms with Crippen LogP contribution in [0.3, 0.4) is 0 Å². The minimum absolute atomic E-state index is 0.348. The summed E-state index contributed by atoms with van der Waals surface area (Å²) < 4.78 is 0. The van der Waals surface area contributed by atoms with Crippen LogP contribution in [0.1, 0.15) is 63.9 Å². The van der Waals surface area contributed by atoms with E-state index in [0.717, 1.165) is 32.2 Å². The second-order valence-electron chi connectivity index (χ2n) is 7.13.